The van der Waals surface area contributed by atoms with Gasteiger partial charge in [-0.15, -0.1) is 0 Å². The number of nitro benzene ring substituents is 1. The monoisotopic (exact) mass is 279 g/mol. The number of benzene rings is 1. The van der Waals surface area contributed by atoms with Gasteiger partial charge in [-0.05, 0) is 40.1 Å². The maximum atomic E-state index is 11.2. The average Bonchev–Trinajstić information content (AvgIpc) is 2.38. The van der Waals surface area contributed by atoms with E-state index in [0.717, 1.165) is 6.54 Å². The summed E-state index contributed by atoms with van der Waals surface area (Å²) in [5, 5.41) is 11.2. The smallest absolute Gasteiger partial charge is 0.293 e. The second-order valence-corrected chi connectivity index (χ2v) is 5.02. The van der Waals surface area contributed by atoms with Crippen LogP contribution in [0.25, 0.3) is 0 Å². The third kappa shape index (κ3) is 3.77. The van der Waals surface area contributed by atoms with Crippen LogP contribution in [-0.2, 0) is 0 Å². The van der Waals surface area contributed by atoms with Gasteiger partial charge in [-0.25, -0.2) is 0 Å². The maximum absolute atomic E-state index is 11.2. The molecule has 6 nitrogen and oxygen atoms in total. The first-order valence-corrected chi connectivity index (χ1v) is 6.55. The van der Waals surface area contributed by atoms with Gasteiger partial charge in [-0.3, -0.25) is 14.9 Å². The Labute approximate surface area is 119 Å². The van der Waals surface area contributed by atoms with Crippen LogP contribution in [0.5, 0.6) is 0 Å². The predicted molar refractivity (Wildman–Crippen MR) is 79.5 cm³/mol. The fourth-order valence-corrected chi connectivity index (χ4v) is 2.35. The van der Waals surface area contributed by atoms with Crippen molar-refractivity contribution in [3.05, 3.63) is 33.9 Å². The number of carbonyl (C=O) groups excluding carboxylic acids is 1. The molecule has 0 aliphatic rings. The summed E-state index contributed by atoms with van der Waals surface area (Å²) in [7, 11) is 3.93. The van der Waals surface area contributed by atoms with E-state index in [1.807, 2.05) is 37.7 Å². The van der Waals surface area contributed by atoms with E-state index in [0.29, 0.717) is 24.1 Å². The minimum atomic E-state index is -0.437. The molecule has 1 aromatic rings. The third-order valence-electron chi connectivity index (χ3n) is 3.14. The first-order chi connectivity index (χ1) is 9.40. The number of nitro groups is 1. The molecule has 1 unspecified atom stereocenters. The van der Waals surface area contributed by atoms with Gasteiger partial charge in [0.2, 0.25) is 0 Å². The van der Waals surface area contributed by atoms with E-state index in [1.54, 1.807) is 12.1 Å². The number of aldehydes is 1. The standard InChI is InChI=1S/C14H21N3O3/c1-5-16(11(2)9-15(3)4)13-7-6-12(10-18)8-14(13)17(19)20/h6-8,10-11H,5,9H2,1-4H3. The maximum Gasteiger partial charge on any atom is 0.293 e. The highest BCUT2D eigenvalue weighted by atomic mass is 16.6. The SMILES string of the molecule is CCN(c1ccc(C=O)cc1[N+](=O)[O-])C(C)CN(C)C. The number of hydrogen-bond acceptors (Lipinski definition) is 5. The Bertz CT molecular complexity index is 489. The zero-order chi connectivity index (χ0) is 15.3. The Kier molecular flexibility index (Phi) is 5.64. The van der Waals surface area contributed by atoms with E-state index in [-0.39, 0.29) is 11.7 Å². The third-order valence-corrected chi connectivity index (χ3v) is 3.14. The molecule has 1 rings (SSSR count). The molecule has 1 aromatic carbocycles. The summed E-state index contributed by atoms with van der Waals surface area (Å²) >= 11 is 0. The number of anilines is 1. The molecule has 0 aromatic heterocycles. The van der Waals surface area contributed by atoms with Gasteiger partial charge in [-0.2, -0.15) is 0 Å². The summed E-state index contributed by atoms with van der Waals surface area (Å²) in [6.45, 7) is 5.45. The van der Waals surface area contributed by atoms with E-state index >= 15 is 0 Å². The molecule has 0 heterocycles. The van der Waals surface area contributed by atoms with Crippen LogP contribution in [0.1, 0.15) is 24.2 Å². The Morgan fingerprint density at radius 3 is 2.50 bits per heavy atom. The quantitative estimate of drug-likeness (QED) is 0.435. The number of hydrogen-bond donors (Lipinski definition) is 0. The normalized spacial score (nSPS) is 12.2. The van der Waals surface area contributed by atoms with Gasteiger partial charge >= 0.3 is 0 Å². The second kappa shape index (κ2) is 7.00. The summed E-state index contributed by atoms with van der Waals surface area (Å²) in [5.74, 6) is 0. The lowest BCUT2D eigenvalue weighted by Crippen LogP contribution is -2.40. The van der Waals surface area contributed by atoms with Crippen LogP contribution in [0.2, 0.25) is 0 Å². The number of rotatable bonds is 7. The summed E-state index contributed by atoms with van der Waals surface area (Å²) in [6, 6.07) is 4.72. The molecule has 1 atom stereocenters. The minimum Gasteiger partial charge on any atom is -0.362 e. The van der Waals surface area contributed by atoms with Crippen molar-refractivity contribution in [2.75, 3.05) is 32.1 Å². The Morgan fingerprint density at radius 1 is 1.40 bits per heavy atom. The number of nitrogens with zero attached hydrogens (tertiary/aromatic N) is 3. The van der Waals surface area contributed by atoms with Crippen LogP contribution >= 0.6 is 0 Å². The van der Waals surface area contributed by atoms with Crippen LogP contribution in [0.15, 0.2) is 18.2 Å². The van der Waals surface area contributed by atoms with Gasteiger partial charge < -0.3 is 9.80 Å². The molecule has 20 heavy (non-hydrogen) atoms. The van der Waals surface area contributed by atoms with E-state index in [9.17, 15) is 14.9 Å². The Balaban J connectivity index is 3.20. The van der Waals surface area contributed by atoms with Crippen LogP contribution in [-0.4, -0.2) is 49.3 Å². The Hall–Kier alpha value is -1.95. The fourth-order valence-electron chi connectivity index (χ4n) is 2.35. The molecule has 0 amide bonds. The van der Waals surface area contributed by atoms with Gasteiger partial charge in [0.1, 0.15) is 12.0 Å². The molecule has 0 aliphatic carbocycles. The highest BCUT2D eigenvalue weighted by Gasteiger charge is 2.23. The van der Waals surface area contributed by atoms with Crippen molar-refractivity contribution in [1.29, 1.82) is 0 Å². The second-order valence-electron chi connectivity index (χ2n) is 5.02. The molecular weight excluding hydrogens is 258 g/mol. The highest BCUT2D eigenvalue weighted by molar-refractivity contribution is 5.79. The molecule has 0 radical (unpaired) electrons. The van der Waals surface area contributed by atoms with Crippen molar-refractivity contribution in [2.45, 2.75) is 19.9 Å². The summed E-state index contributed by atoms with van der Waals surface area (Å²) < 4.78 is 0. The van der Waals surface area contributed by atoms with Crippen molar-refractivity contribution >= 4 is 17.7 Å². The van der Waals surface area contributed by atoms with E-state index < -0.39 is 4.92 Å². The highest BCUT2D eigenvalue weighted by Crippen LogP contribution is 2.30. The van der Waals surface area contributed by atoms with Gasteiger partial charge in [0, 0.05) is 30.8 Å². The molecule has 0 spiro atoms. The van der Waals surface area contributed by atoms with Crippen molar-refractivity contribution < 1.29 is 9.72 Å². The van der Waals surface area contributed by atoms with Crippen LogP contribution < -0.4 is 4.90 Å². The molecular formula is C14H21N3O3. The first kappa shape index (κ1) is 16.1. The van der Waals surface area contributed by atoms with Gasteiger partial charge in [0.15, 0.2) is 0 Å². The lowest BCUT2D eigenvalue weighted by Gasteiger charge is -2.31. The van der Waals surface area contributed by atoms with Crippen molar-refractivity contribution in [3.8, 4) is 0 Å². The Morgan fingerprint density at radius 2 is 2.05 bits per heavy atom. The summed E-state index contributed by atoms with van der Waals surface area (Å²) in [6.07, 6.45) is 0.621. The van der Waals surface area contributed by atoms with Gasteiger partial charge in [0.25, 0.3) is 5.69 Å². The molecule has 110 valence electrons. The molecule has 0 saturated heterocycles. The van der Waals surface area contributed by atoms with Gasteiger partial charge in [0.05, 0.1) is 4.92 Å². The molecule has 0 N–H and O–H groups in total. The van der Waals surface area contributed by atoms with Crippen LogP contribution in [0, 0.1) is 10.1 Å². The van der Waals surface area contributed by atoms with Crippen molar-refractivity contribution in [1.82, 2.24) is 4.90 Å². The fraction of sp³-hybridized carbons (Fsp3) is 0.500. The predicted octanol–water partition coefficient (Wildman–Crippen LogP) is 2.18. The lowest BCUT2D eigenvalue weighted by molar-refractivity contribution is -0.384. The van der Waals surface area contributed by atoms with Crippen LogP contribution in [0.4, 0.5) is 11.4 Å². The molecule has 0 bridgehead atoms. The zero-order valence-electron chi connectivity index (χ0n) is 12.4. The molecule has 0 saturated carbocycles. The molecule has 6 heteroatoms. The summed E-state index contributed by atoms with van der Waals surface area (Å²) in [5.41, 5.74) is 0.844. The van der Waals surface area contributed by atoms with Crippen molar-refractivity contribution in [3.63, 3.8) is 0 Å². The van der Waals surface area contributed by atoms with Gasteiger partial charge in [-0.1, -0.05) is 0 Å². The van der Waals surface area contributed by atoms with Crippen molar-refractivity contribution in [2.24, 2.45) is 0 Å². The minimum absolute atomic E-state index is 0.0259. The zero-order valence-corrected chi connectivity index (χ0v) is 12.4. The molecule has 0 aliphatic heterocycles. The lowest BCUT2D eigenvalue weighted by atomic mass is 10.1. The van der Waals surface area contributed by atoms with E-state index in [4.69, 9.17) is 0 Å². The topological polar surface area (TPSA) is 66.7 Å². The number of likely N-dealkylation sites (N-methyl/N-ethyl adjacent to an activating group) is 2. The molecule has 0 fully saturated rings. The largest absolute Gasteiger partial charge is 0.362 e. The average molecular weight is 279 g/mol. The summed E-state index contributed by atoms with van der Waals surface area (Å²) in [4.78, 5) is 25.6. The number of carbonyl (C=O) groups is 1. The van der Waals surface area contributed by atoms with Crippen LogP contribution in [0.3, 0.4) is 0 Å². The van der Waals surface area contributed by atoms with E-state index in [1.165, 1.54) is 6.07 Å². The first-order valence-electron chi connectivity index (χ1n) is 6.55. The van der Waals surface area contributed by atoms with E-state index in [2.05, 4.69) is 0 Å².